The maximum Gasteiger partial charge on any atom is 0.243 e. The van der Waals surface area contributed by atoms with E-state index in [4.69, 9.17) is 11.6 Å². The normalized spacial score (nSPS) is 14.5. The van der Waals surface area contributed by atoms with Crippen molar-refractivity contribution in [1.29, 1.82) is 0 Å². The first-order chi connectivity index (χ1) is 12.8. The number of nitrogens with zero attached hydrogens (tertiary/aromatic N) is 2. The molecule has 0 aliphatic heterocycles. The minimum atomic E-state index is -3.83. The van der Waals surface area contributed by atoms with Crippen molar-refractivity contribution in [2.24, 2.45) is 0 Å². The van der Waals surface area contributed by atoms with Crippen molar-refractivity contribution >= 4 is 27.4 Å². The van der Waals surface area contributed by atoms with Gasteiger partial charge in [0.05, 0.1) is 11.4 Å². The molecule has 0 atom stereocenters. The van der Waals surface area contributed by atoms with Crippen LogP contribution in [0.3, 0.4) is 0 Å². The largest absolute Gasteiger partial charge is 0.345 e. The molecule has 1 aromatic heterocycles. The number of halogens is 1. The van der Waals surface area contributed by atoms with Crippen LogP contribution < -0.4 is 0 Å². The second-order valence-corrected chi connectivity index (χ2v) is 9.22. The fourth-order valence-corrected chi connectivity index (χ4v) is 4.84. The molecular formula is C20H23ClN2O3S. The maximum atomic E-state index is 13.0. The van der Waals surface area contributed by atoms with Gasteiger partial charge in [0.25, 0.3) is 0 Å². The number of carbonyl (C=O) groups is 1. The van der Waals surface area contributed by atoms with Gasteiger partial charge in [-0.2, -0.15) is 4.31 Å². The summed E-state index contributed by atoms with van der Waals surface area (Å²) < 4.78 is 29.2. The van der Waals surface area contributed by atoms with Crippen LogP contribution >= 0.6 is 11.6 Å². The zero-order chi connectivity index (χ0) is 19.8. The van der Waals surface area contributed by atoms with E-state index in [9.17, 15) is 13.2 Å². The summed E-state index contributed by atoms with van der Waals surface area (Å²) in [4.78, 5) is 13.0. The van der Waals surface area contributed by atoms with Crippen LogP contribution in [0.4, 0.5) is 0 Å². The number of hydrogen-bond acceptors (Lipinski definition) is 3. The van der Waals surface area contributed by atoms with Crippen molar-refractivity contribution in [3.05, 3.63) is 65.0 Å². The highest BCUT2D eigenvalue weighted by atomic mass is 35.5. The minimum Gasteiger partial charge on any atom is -0.345 e. The van der Waals surface area contributed by atoms with Crippen LogP contribution in [0.2, 0.25) is 5.02 Å². The highest BCUT2D eigenvalue weighted by Crippen LogP contribution is 2.38. The van der Waals surface area contributed by atoms with Crippen molar-refractivity contribution in [3.8, 4) is 0 Å². The highest BCUT2D eigenvalue weighted by molar-refractivity contribution is 7.89. The molecule has 0 radical (unpaired) electrons. The van der Waals surface area contributed by atoms with Gasteiger partial charge in [-0.3, -0.25) is 4.79 Å². The van der Waals surface area contributed by atoms with Gasteiger partial charge < -0.3 is 4.57 Å². The van der Waals surface area contributed by atoms with Crippen LogP contribution in [-0.4, -0.2) is 36.2 Å². The molecule has 144 valence electrons. The number of aromatic nitrogens is 1. The minimum absolute atomic E-state index is 0.0536. The molecule has 0 N–H and O–H groups in total. The lowest BCUT2D eigenvalue weighted by Gasteiger charge is -2.20. The molecule has 0 saturated heterocycles. The molecule has 0 bridgehead atoms. The van der Waals surface area contributed by atoms with E-state index in [2.05, 4.69) is 11.1 Å². The van der Waals surface area contributed by atoms with Gasteiger partial charge in [-0.15, -0.1) is 6.58 Å². The van der Waals surface area contributed by atoms with Crippen molar-refractivity contribution in [2.45, 2.75) is 37.6 Å². The quantitative estimate of drug-likeness (QED) is 0.488. The van der Waals surface area contributed by atoms with Crippen molar-refractivity contribution < 1.29 is 13.2 Å². The Bertz CT molecular complexity index is 973. The number of hydrogen-bond donors (Lipinski definition) is 0. The van der Waals surface area contributed by atoms with Gasteiger partial charge in [-0.05, 0) is 57.0 Å². The van der Waals surface area contributed by atoms with E-state index in [-0.39, 0.29) is 23.8 Å². The second-order valence-electron chi connectivity index (χ2n) is 6.85. The molecule has 1 aromatic carbocycles. The fraction of sp³-hybridized carbons (Fsp3) is 0.350. The SMILES string of the molecule is C=CCN(CC(=O)c1cc(C)n(C2CC2)c1C)S(=O)(=O)c1ccc(Cl)cc1. The van der Waals surface area contributed by atoms with Crippen molar-refractivity contribution in [2.75, 3.05) is 13.1 Å². The van der Waals surface area contributed by atoms with E-state index in [0.29, 0.717) is 16.6 Å². The third kappa shape index (κ3) is 4.03. The van der Waals surface area contributed by atoms with Crippen LogP contribution in [0, 0.1) is 13.8 Å². The van der Waals surface area contributed by atoms with Crippen LogP contribution in [0.1, 0.15) is 40.6 Å². The van der Waals surface area contributed by atoms with Gasteiger partial charge in [0.1, 0.15) is 0 Å². The predicted molar refractivity (Wildman–Crippen MR) is 107 cm³/mol. The number of carbonyl (C=O) groups excluding carboxylic acids is 1. The van der Waals surface area contributed by atoms with Crippen molar-refractivity contribution in [1.82, 2.24) is 8.87 Å². The lowest BCUT2D eigenvalue weighted by molar-refractivity contribution is 0.0968. The molecule has 5 nitrogen and oxygen atoms in total. The van der Waals surface area contributed by atoms with Gasteiger partial charge >= 0.3 is 0 Å². The lowest BCUT2D eigenvalue weighted by Crippen LogP contribution is -2.36. The second kappa shape index (κ2) is 7.62. The molecule has 2 aromatic rings. The Balaban J connectivity index is 1.88. The molecule has 7 heteroatoms. The average Bonchev–Trinajstić information content (AvgIpc) is 3.39. The topological polar surface area (TPSA) is 59.4 Å². The fourth-order valence-electron chi connectivity index (χ4n) is 3.35. The number of ketones is 1. The lowest BCUT2D eigenvalue weighted by atomic mass is 10.1. The first-order valence-corrected chi connectivity index (χ1v) is 10.7. The van der Waals surface area contributed by atoms with E-state index in [1.807, 2.05) is 19.9 Å². The van der Waals surface area contributed by atoms with E-state index < -0.39 is 10.0 Å². The summed E-state index contributed by atoms with van der Waals surface area (Å²) in [5.41, 5.74) is 2.52. The number of Topliss-reactive ketones (excluding diaryl/α,β-unsaturated/α-hetero) is 1. The summed E-state index contributed by atoms with van der Waals surface area (Å²) >= 11 is 5.85. The Morgan fingerprint density at radius 1 is 1.30 bits per heavy atom. The van der Waals surface area contributed by atoms with E-state index in [0.717, 1.165) is 28.5 Å². The number of aryl methyl sites for hydroxylation is 1. The smallest absolute Gasteiger partial charge is 0.243 e. The molecule has 1 saturated carbocycles. The first kappa shape index (κ1) is 19.9. The zero-order valence-corrected chi connectivity index (χ0v) is 17.1. The Morgan fingerprint density at radius 2 is 1.93 bits per heavy atom. The van der Waals surface area contributed by atoms with E-state index in [1.54, 1.807) is 0 Å². The number of benzene rings is 1. The zero-order valence-electron chi connectivity index (χ0n) is 15.5. The van der Waals surface area contributed by atoms with Crippen LogP contribution in [-0.2, 0) is 10.0 Å². The van der Waals surface area contributed by atoms with Gasteiger partial charge in [0, 0.05) is 34.6 Å². The predicted octanol–water partition coefficient (Wildman–Crippen LogP) is 4.15. The monoisotopic (exact) mass is 406 g/mol. The molecule has 0 spiro atoms. The average molecular weight is 407 g/mol. The van der Waals surface area contributed by atoms with E-state index >= 15 is 0 Å². The number of sulfonamides is 1. The molecule has 0 unspecified atom stereocenters. The molecule has 1 fully saturated rings. The summed E-state index contributed by atoms with van der Waals surface area (Å²) in [6.45, 7) is 7.35. The Kier molecular flexibility index (Phi) is 5.60. The molecular weight excluding hydrogens is 384 g/mol. The third-order valence-corrected chi connectivity index (χ3v) is 6.88. The van der Waals surface area contributed by atoms with Gasteiger partial charge in [0.2, 0.25) is 10.0 Å². The Morgan fingerprint density at radius 3 is 2.48 bits per heavy atom. The summed E-state index contributed by atoms with van der Waals surface area (Å²) in [7, 11) is -3.83. The van der Waals surface area contributed by atoms with E-state index in [1.165, 1.54) is 30.3 Å². The van der Waals surface area contributed by atoms with Gasteiger partial charge in [-0.1, -0.05) is 17.7 Å². The van der Waals surface area contributed by atoms with Gasteiger partial charge in [-0.25, -0.2) is 8.42 Å². The molecule has 1 heterocycles. The summed E-state index contributed by atoms with van der Waals surface area (Å²) in [6.07, 6.45) is 3.73. The molecule has 1 aliphatic carbocycles. The molecule has 27 heavy (non-hydrogen) atoms. The first-order valence-electron chi connectivity index (χ1n) is 8.84. The van der Waals surface area contributed by atoms with Crippen LogP contribution in [0.15, 0.2) is 47.9 Å². The van der Waals surface area contributed by atoms with Gasteiger partial charge in [0.15, 0.2) is 5.78 Å². The third-order valence-electron chi connectivity index (χ3n) is 4.80. The maximum absolute atomic E-state index is 13.0. The standard InChI is InChI=1S/C20H23ClN2O3S/c1-4-11-22(27(25,26)18-9-5-16(21)6-10-18)13-20(24)19-12-14(2)23(15(19)3)17-7-8-17/h4-6,9-10,12,17H,1,7-8,11,13H2,2-3H3. The van der Waals surface area contributed by atoms with Crippen molar-refractivity contribution in [3.63, 3.8) is 0 Å². The van der Waals surface area contributed by atoms with Crippen LogP contribution in [0.25, 0.3) is 0 Å². The Labute approximate surface area is 165 Å². The van der Waals surface area contributed by atoms with Crippen LogP contribution in [0.5, 0.6) is 0 Å². The highest BCUT2D eigenvalue weighted by Gasteiger charge is 2.30. The summed E-state index contributed by atoms with van der Waals surface area (Å²) in [5, 5.41) is 0.452. The number of rotatable bonds is 8. The molecule has 1 aliphatic rings. The Hall–Kier alpha value is -1.89. The molecule has 0 amide bonds. The molecule has 3 rings (SSSR count). The summed E-state index contributed by atoms with van der Waals surface area (Å²) in [6, 6.07) is 8.25. The summed E-state index contributed by atoms with van der Waals surface area (Å²) in [5.74, 6) is -0.214.